The summed E-state index contributed by atoms with van der Waals surface area (Å²) >= 11 is 1.28. The third kappa shape index (κ3) is 17.0. The van der Waals surface area contributed by atoms with Crippen LogP contribution in [0.5, 0.6) is 0 Å². The minimum atomic E-state index is -1.67. The first-order valence-corrected chi connectivity index (χ1v) is 28.0. The van der Waals surface area contributed by atoms with Crippen molar-refractivity contribution in [2.75, 3.05) is 39.3 Å². The van der Waals surface area contributed by atoms with Crippen molar-refractivity contribution in [1.82, 2.24) is 41.3 Å². The Kier molecular flexibility index (Phi) is 22.9. The molecule has 1 aliphatic carbocycles. The van der Waals surface area contributed by atoms with Gasteiger partial charge in [-0.2, -0.15) is 0 Å². The number of aliphatic hydroxyl groups excluding tert-OH is 2. The van der Waals surface area contributed by atoms with E-state index in [-0.39, 0.29) is 89.0 Å². The van der Waals surface area contributed by atoms with E-state index in [4.69, 9.17) is 28.7 Å². The van der Waals surface area contributed by atoms with Crippen molar-refractivity contribution in [3.8, 4) is 0 Å². The molecule has 27 nitrogen and oxygen atoms in total. The van der Waals surface area contributed by atoms with Crippen LogP contribution in [-0.2, 0) is 56.0 Å². The lowest BCUT2D eigenvalue weighted by atomic mass is 9.84. The number of rotatable bonds is 27. The zero-order chi connectivity index (χ0) is 58.0. The molecule has 6 rings (SSSR count). The molecule has 2 aromatic rings. The van der Waals surface area contributed by atoms with E-state index < -0.39 is 127 Å². The molecule has 4 aliphatic rings. The van der Waals surface area contributed by atoms with Gasteiger partial charge in [0.05, 0.1) is 25.3 Å². The maximum atomic E-state index is 15.0. The minimum Gasteiger partial charge on any atom is -0.480 e. The second-order valence-electron chi connectivity index (χ2n) is 20.7. The molecule has 0 radical (unpaired) electrons. The minimum absolute atomic E-state index is 0.00394. The number of carboxylic acids is 1. The highest BCUT2D eigenvalue weighted by Crippen LogP contribution is 2.40. The lowest BCUT2D eigenvalue weighted by molar-refractivity contribution is -0.147. The van der Waals surface area contributed by atoms with E-state index in [1.807, 2.05) is 0 Å². The summed E-state index contributed by atoms with van der Waals surface area (Å²) in [6, 6.07) is 1.95. The molecular formula is C52H77N15O12S. The number of β-amino-alcohol motifs (C(OH)–C–C–N with tert-alkyl or cyclic N) is 1. The number of carboxylic acid groups (broad SMARTS) is 1. The molecule has 8 amide bonds. The van der Waals surface area contributed by atoms with Crippen LogP contribution in [0.25, 0.3) is 0 Å². The molecule has 28 heteroatoms. The molecule has 3 aliphatic heterocycles. The van der Waals surface area contributed by atoms with E-state index in [1.54, 1.807) is 47.8 Å². The van der Waals surface area contributed by atoms with Gasteiger partial charge in [0.15, 0.2) is 11.9 Å². The monoisotopic (exact) mass is 1140 g/mol. The molecule has 1 aromatic heterocycles. The average Bonchev–Trinajstić information content (AvgIpc) is 4.29. The first-order valence-electron chi connectivity index (χ1n) is 27.1. The Hall–Kier alpha value is -7.43. The topological polar surface area (TPSA) is 439 Å². The first-order chi connectivity index (χ1) is 38.3. The van der Waals surface area contributed by atoms with Crippen molar-refractivity contribution in [1.29, 1.82) is 0 Å². The normalized spacial score (nSPS) is 22.3. The predicted molar refractivity (Wildman–Crippen MR) is 293 cm³/mol. The molecule has 1 saturated carbocycles. The van der Waals surface area contributed by atoms with Crippen LogP contribution < -0.4 is 55.3 Å². The highest BCUT2D eigenvalue weighted by molar-refractivity contribution is 7.09. The zero-order valence-corrected chi connectivity index (χ0v) is 45.5. The summed E-state index contributed by atoms with van der Waals surface area (Å²) in [4.78, 5) is 137. The van der Waals surface area contributed by atoms with Crippen molar-refractivity contribution in [3.63, 3.8) is 0 Å². The third-order valence-electron chi connectivity index (χ3n) is 14.9. The number of aliphatic hydroxyl groups is 2. The largest absolute Gasteiger partial charge is 0.480 e. The molecule has 80 heavy (non-hydrogen) atoms. The van der Waals surface area contributed by atoms with Crippen LogP contribution in [-0.4, -0.2) is 195 Å². The number of carbonyl (C=O) groups excluding carboxylic acids is 8. The number of guanidine groups is 2. The predicted octanol–water partition coefficient (Wildman–Crippen LogP) is -3.79. The smallest absolute Gasteiger partial charge is 0.326 e. The van der Waals surface area contributed by atoms with Crippen LogP contribution in [0.3, 0.4) is 0 Å². The second-order valence-corrected chi connectivity index (χ2v) is 21.7. The van der Waals surface area contributed by atoms with E-state index in [1.165, 1.54) is 26.0 Å². The number of benzene rings is 1. The second kappa shape index (κ2) is 29.7. The molecule has 438 valence electrons. The van der Waals surface area contributed by atoms with E-state index in [2.05, 4.69) is 36.6 Å². The lowest BCUT2D eigenvalue weighted by Crippen LogP contribution is -2.61. The van der Waals surface area contributed by atoms with Crippen molar-refractivity contribution in [3.05, 3.63) is 58.3 Å². The standard InChI is InChI=1S/C52H77N15O12S/c53-33(14-6-18-58-51(54)55)47(75)65-20-8-17-39(65)49(77)66-27-31(69)24-40(66)45(73)60-26-42(70)61-35(25-32-13-9-21-80-32)43(71)64-37(28-68)44(72)63-36(22-29-10-2-1-3-11-29)48(76)67-38-16-5-4-12-30(38)23-41(67)46(74)62-34(50(78)79)15-7-19-59-52(56)57/h1-3,9-11,13,21,30-31,33-41,68-69H,4-8,12,14-20,22-28,53H2,(H,60,73)(H,61,70)(H,62,74)(H,63,72)(H,64,71)(H,78,79)(H4,54,55,58)(H4,56,57,59). The number of likely N-dealkylation sites (tertiary alicyclic amines) is 3. The van der Waals surface area contributed by atoms with E-state index >= 15 is 4.79 Å². The third-order valence-corrected chi connectivity index (χ3v) is 15.8. The molecule has 1 aromatic carbocycles. The van der Waals surface area contributed by atoms with E-state index in [0.717, 1.165) is 19.3 Å². The molecule has 18 N–H and O–H groups in total. The summed E-state index contributed by atoms with van der Waals surface area (Å²) in [5.74, 6) is -7.38. The number of thiophene rings is 1. The highest BCUT2D eigenvalue weighted by Gasteiger charge is 2.50. The summed E-state index contributed by atoms with van der Waals surface area (Å²) < 4.78 is 0. The van der Waals surface area contributed by atoms with Crippen LogP contribution in [0, 0.1) is 5.92 Å². The van der Waals surface area contributed by atoms with Crippen molar-refractivity contribution >= 4 is 76.5 Å². The fourth-order valence-corrected chi connectivity index (χ4v) is 11.8. The van der Waals surface area contributed by atoms with Crippen molar-refractivity contribution < 1.29 is 58.5 Å². The number of nitrogens with zero attached hydrogens (tertiary/aromatic N) is 5. The Balaban J connectivity index is 1.12. The molecule has 0 spiro atoms. The first kappa shape index (κ1) is 61.8. The van der Waals surface area contributed by atoms with Gasteiger partial charge in [-0.25, -0.2) is 4.79 Å². The van der Waals surface area contributed by atoms with E-state index in [9.17, 15) is 53.7 Å². The maximum absolute atomic E-state index is 15.0. The number of aliphatic carboxylic acids is 1. The highest BCUT2D eigenvalue weighted by atomic mass is 32.1. The Morgan fingerprint density at radius 2 is 1.36 bits per heavy atom. The van der Waals surface area contributed by atoms with Gasteiger partial charge in [0.25, 0.3) is 0 Å². The molecule has 11 unspecified atom stereocenters. The van der Waals surface area contributed by atoms with Crippen molar-refractivity contribution in [2.45, 2.75) is 150 Å². The van der Waals surface area contributed by atoms with Gasteiger partial charge in [0.2, 0.25) is 47.3 Å². The van der Waals surface area contributed by atoms with E-state index in [0.29, 0.717) is 36.1 Å². The van der Waals surface area contributed by atoms with Gasteiger partial charge in [-0.15, -0.1) is 11.3 Å². The number of hydrogen-bond donors (Lipinski definition) is 13. The fraction of sp³-hybridized carbons (Fsp3) is 0.596. The SMILES string of the molecule is NC(N)=NCCCC(N)C(=O)N1CCCC1C(=O)N1CC(O)CC1C(=O)NCC(=O)NC(Cc1cccs1)C(=O)NC(CO)C(=O)NC(Cc1ccccc1)C(=O)N1C(C(=O)NC(CCCN=C(N)N)C(=O)O)CC2CCCCC21. The molecule has 0 bridgehead atoms. The number of aliphatic imine (C=N–C) groups is 2. The quantitative estimate of drug-likeness (QED) is 0.0232. The molecule has 4 heterocycles. The molecular weight excluding hydrogens is 1060 g/mol. The zero-order valence-electron chi connectivity index (χ0n) is 44.7. The Morgan fingerprint density at radius 3 is 2.02 bits per heavy atom. The Morgan fingerprint density at radius 1 is 0.688 bits per heavy atom. The van der Waals surface area contributed by atoms with Crippen molar-refractivity contribution in [2.24, 2.45) is 44.6 Å². The Bertz CT molecular complexity index is 2550. The van der Waals surface area contributed by atoms with Crippen LogP contribution >= 0.6 is 11.3 Å². The van der Waals surface area contributed by atoms with Crippen LogP contribution in [0.15, 0.2) is 57.8 Å². The Labute approximate surface area is 467 Å². The number of hydrogen-bond acceptors (Lipinski definition) is 15. The molecule has 11 atom stereocenters. The number of nitrogens with one attached hydrogen (secondary N) is 5. The van der Waals surface area contributed by atoms with Crippen LogP contribution in [0.4, 0.5) is 0 Å². The van der Waals surface area contributed by atoms with Gasteiger partial charge in [0, 0.05) is 56.4 Å². The molecule has 3 saturated heterocycles. The molecule has 4 fully saturated rings. The van der Waals surface area contributed by atoms with Gasteiger partial charge in [0.1, 0.15) is 42.3 Å². The summed E-state index contributed by atoms with van der Waals surface area (Å²) in [5, 5.41) is 46.0. The van der Waals surface area contributed by atoms with Gasteiger partial charge < -0.3 is 85.3 Å². The number of nitrogens with two attached hydrogens (primary N) is 5. The maximum Gasteiger partial charge on any atom is 0.326 e. The van der Waals surface area contributed by atoms with Crippen LogP contribution in [0.2, 0.25) is 0 Å². The van der Waals surface area contributed by atoms with Gasteiger partial charge >= 0.3 is 5.97 Å². The summed E-state index contributed by atoms with van der Waals surface area (Å²) in [6.45, 7) is -1.16. The van der Waals surface area contributed by atoms with Gasteiger partial charge in [-0.3, -0.25) is 48.3 Å². The average molecular weight is 1140 g/mol. The van der Waals surface area contributed by atoms with Gasteiger partial charge in [-0.05, 0) is 80.7 Å². The summed E-state index contributed by atoms with van der Waals surface area (Å²) in [5.41, 5.74) is 28.4. The van der Waals surface area contributed by atoms with Gasteiger partial charge in [-0.1, -0.05) is 49.2 Å². The summed E-state index contributed by atoms with van der Waals surface area (Å²) in [7, 11) is 0. The number of fused-ring (bicyclic) bond motifs is 1. The number of carbonyl (C=O) groups is 9. The lowest BCUT2D eigenvalue weighted by Gasteiger charge is -2.36. The fourth-order valence-electron chi connectivity index (χ4n) is 11.0. The van der Waals surface area contributed by atoms with Crippen LogP contribution in [0.1, 0.15) is 87.5 Å². The number of amides is 8. The summed E-state index contributed by atoms with van der Waals surface area (Å²) in [6.07, 6.45) is 3.53.